The molecule has 1 aliphatic rings. The fraction of sp³-hybridized carbons (Fsp3) is 0.308. The van der Waals surface area contributed by atoms with Crippen LogP contribution in [0.2, 0.25) is 0 Å². The molecule has 0 bridgehead atoms. The molecule has 8 nitrogen and oxygen atoms in total. The lowest BCUT2D eigenvalue weighted by Crippen LogP contribution is -2.31. The zero-order chi connectivity index (χ0) is 26.9. The van der Waals surface area contributed by atoms with Gasteiger partial charge in [-0.15, -0.1) is 18.3 Å². The predicted molar refractivity (Wildman–Crippen MR) is 126 cm³/mol. The minimum atomic E-state index is -4.95. The third-order valence-electron chi connectivity index (χ3n) is 6.09. The third kappa shape index (κ3) is 5.35. The summed E-state index contributed by atoms with van der Waals surface area (Å²) >= 11 is 0. The highest BCUT2D eigenvalue weighted by Gasteiger charge is 2.53. The van der Waals surface area contributed by atoms with Crippen molar-refractivity contribution in [2.75, 3.05) is 4.90 Å². The minimum absolute atomic E-state index is 0.0293. The predicted octanol–water partition coefficient (Wildman–Crippen LogP) is 4.61. The second-order valence-corrected chi connectivity index (χ2v) is 8.82. The average molecular weight is 512 g/mol. The van der Waals surface area contributed by atoms with Crippen molar-refractivity contribution in [1.29, 1.82) is 0 Å². The number of ether oxygens (including phenoxy) is 1. The molecule has 1 fully saturated rings. The number of anilines is 1. The lowest BCUT2D eigenvalue weighted by molar-refractivity contribution is -0.276. The molecule has 0 saturated carbocycles. The number of alkyl halides is 3. The summed E-state index contributed by atoms with van der Waals surface area (Å²) in [6, 6.07) is 10.8. The van der Waals surface area contributed by atoms with Crippen molar-refractivity contribution in [2.24, 2.45) is 5.92 Å². The number of hydrogen-bond acceptors (Lipinski definition) is 7. The molecular formula is C26H23F3N4O4. The summed E-state index contributed by atoms with van der Waals surface area (Å²) in [6.45, 7) is 5.86. The average Bonchev–Trinajstić information content (AvgIpc) is 3.13. The van der Waals surface area contributed by atoms with Gasteiger partial charge in [-0.2, -0.15) is 5.10 Å². The quantitative estimate of drug-likeness (QED) is 0.259. The van der Waals surface area contributed by atoms with Gasteiger partial charge in [0.25, 0.3) is 5.91 Å². The lowest BCUT2D eigenvalue weighted by atomic mass is 9.86. The molecule has 192 valence electrons. The molecule has 3 heterocycles. The van der Waals surface area contributed by atoms with Gasteiger partial charge in [0, 0.05) is 17.8 Å². The Bertz CT molecular complexity index is 1310. The first-order valence-electron chi connectivity index (χ1n) is 11.6. The van der Waals surface area contributed by atoms with Gasteiger partial charge in [0.2, 0.25) is 11.7 Å². The van der Waals surface area contributed by atoms with Gasteiger partial charge >= 0.3 is 6.36 Å². The Morgan fingerprint density at radius 1 is 1.03 bits per heavy atom. The Balaban J connectivity index is 1.78. The van der Waals surface area contributed by atoms with Crippen molar-refractivity contribution in [3.63, 3.8) is 0 Å². The van der Waals surface area contributed by atoms with Gasteiger partial charge in [-0.1, -0.05) is 45.0 Å². The maximum Gasteiger partial charge on any atom is 0.574 e. The van der Waals surface area contributed by atoms with E-state index in [0.29, 0.717) is 12.1 Å². The SMILES string of the molecule is CCc1ccc(N2C(=O)C(=O)C(C(=O)c3ccc(C(C)C)cc3)C2c2ccc(OC(F)(F)F)nc2)nn1. The molecule has 0 aliphatic carbocycles. The van der Waals surface area contributed by atoms with Crippen LogP contribution in [0.1, 0.15) is 59.9 Å². The standard InChI is InChI=1S/C26H23F3N4O4/c1-4-18-10-11-19(32-31-18)33-22(17-9-12-20(30-13-17)37-26(27,28)29)21(24(35)25(33)36)23(34)16-7-5-15(6-8-16)14(2)3/h5-14,21-22H,4H2,1-3H3. The maximum atomic E-state index is 13.6. The molecule has 1 aromatic carbocycles. The highest BCUT2D eigenvalue weighted by atomic mass is 19.4. The second kappa shape index (κ2) is 10.1. The molecule has 1 saturated heterocycles. The third-order valence-corrected chi connectivity index (χ3v) is 6.09. The first kappa shape index (κ1) is 25.9. The highest BCUT2D eigenvalue weighted by Crippen LogP contribution is 2.40. The van der Waals surface area contributed by atoms with Crippen LogP contribution in [0.3, 0.4) is 0 Å². The molecule has 37 heavy (non-hydrogen) atoms. The van der Waals surface area contributed by atoms with Crippen LogP contribution in [0.4, 0.5) is 19.0 Å². The number of pyridine rings is 1. The minimum Gasteiger partial charge on any atom is -0.388 e. The Labute approximate surface area is 210 Å². The van der Waals surface area contributed by atoms with Crippen LogP contribution >= 0.6 is 0 Å². The number of nitrogens with zero attached hydrogens (tertiary/aromatic N) is 4. The summed E-state index contributed by atoms with van der Waals surface area (Å²) in [5.74, 6) is -4.48. The van der Waals surface area contributed by atoms with Gasteiger partial charge in [0.05, 0.1) is 11.7 Å². The number of aryl methyl sites for hydroxylation is 1. The Morgan fingerprint density at radius 2 is 1.73 bits per heavy atom. The normalized spacial score (nSPS) is 18.0. The Morgan fingerprint density at radius 3 is 2.24 bits per heavy atom. The van der Waals surface area contributed by atoms with E-state index < -0.39 is 41.7 Å². The first-order chi connectivity index (χ1) is 17.5. The Hall–Kier alpha value is -4.15. The maximum absolute atomic E-state index is 13.6. The van der Waals surface area contributed by atoms with E-state index in [1.165, 1.54) is 12.1 Å². The van der Waals surface area contributed by atoms with E-state index in [9.17, 15) is 27.6 Å². The number of benzene rings is 1. The molecule has 0 N–H and O–H groups in total. The molecule has 2 aromatic heterocycles. The van der Waals surface area contributed by atoms with Crippen LogP contribution in [0, 0.1) is 5.92 Å². The van der Waals surface area contributed by atoms with Gasteiger partial charge in [0.1, 0.15) is 5.92 Å². The smallest absolute Gasteiger partial charge is 0.388 e. The zero-order valence-corrected chi connectivity index (χ0v) is 20.2. The van der Waals surface area contributed by atoms with Crippen molar-refractivity contribution in [3.8, 4) is 5.88 Å². The molecule has 0 spiro atoms. The summed E-state index contributed by atoms with van der Waals surface area (Å²) in [5.41, 5.74) is 2.01. The number of amides is 1. The van der Waals surface area contributed by atoms with Gasteiger partial charge in [-0.25, -0.2) is 4.98 Å². The summed E-state index contributed by atoms with van der Waals surface area (Å²) in [4.78, 5) is 44.6. The van der Waals surface area contributed by atoms with Crippen LogP contribution in [0.5, 0.6) is 5.88 Å². The fourth-order valence-electron chi connectivity index (χ4n) is 4.15. The number of Topliss-reactive ketones (excluding diaryl/α,β-unsaturated/α-hetero) is 2. The number of halogens is 3. The summed E-state index contributed by atoms with van der Waals surface area (Å²) < 4.78 is 41.6. The van der Waals surface area contributed by atoms with E-state index in [-0.39, 0.29) is 22.9 Å². The number of rotatable bonds is 7. The van der Waals surface area contributed by atoms with Gasteiger partial charge in [0.15, 0.2) is 11.6 Å². The fourth-order valence-corrected chi connectivity index (χ4v) is 4.15. The van der Waals surface area contributed by atoms with Crippen molar-refractivity contribution in [1.82, 2.24) is 15.2 Å². The van der Waals surface area contributed by atoms with Gasteiger partial charge < -0.3 is 4.74 Å². The van der Waals surface area contributed by atoms with Crippen LogP contribution in [-0.4, -0.2) is 39.0 Å². The summed E-state index contributed by atoms with van der Waals surface area (Å²) in [7, 11) is 0. The molecule has 3 aromatic rings. The monoisotopic (exact) mass is 512 g/mol. The van der Waals surface area contributed by atoms with Gasteiger partial charge in [-0.3, -0.25) is 19.3 Å². The number of ketones is 2. The topological polar surface area (TPSA) is 102 Å². The van der Waals surface area contributed by atoms with E-state index in [4.69, 9.17) is 0 Å². The lowest BCUT2D eigenvalue weighted by Gasteiger charge is -2.26. The Kier molecular flexibility index (Phi) is 7.06. The van der Waals surface area contributed by atoms with E-state index in [1.54, 1.807) is 30.3 Å². The van der Waals surface area contributed by atoms with Crippen LogP contribution in [0.25, 0.3) is 0 Å². The van der Waals surface area contributed by atoms with E-state index in [2.05, 4.69) is 19.9 Å². The molecular weight excluding hydrogens is 489 g/mol. The molecule has 2 unspecified atom stereocenters. The van der Waals surface area contributed by atoms with Crippen molar-refractivity contribution in [2.45, 2.75) is 45.5 Å². The molecule has 0 radical (unpaired) electrons. The number of hydrogen-bond donors (Lipinski definition) is 0. The zero-order valence-electron chi connectivity index (χ0n) is 20.2. The number of carbonyl (C=O) groups is 3. The molecule has 1 aliphatic heterocycles. The number of carbonyl (C=O) groups excluding carboxylic acids is 3. The summed E-state index contributed by atoms with van der Waals surface area (Å²) in [5, 5.41) is 8.09. The highest BCUT2D eigenvalue weighted by molar-refractivity contribution is 6.48. The summed E-state index contributed by atoms with van der Waals surface area (Å²) in [6.07, 6.45) is -3.32. The van der Waals surface area contributed by atoms with Crippen molar-refractivity contribution >= 4 is 23.3 Å². The molecule has 4 rings (SSSR count). The van der Waals surface area contributed by atoms with Gasteiger partial charge in [-0.05, 0) is 41.7 Å². The number of aromatic nitrogens is 3. The second-order valence-electron chi connectivity index (χ2n) is 8.82. The molecule has 2 atom stereocenters. The van der Waals surface area contributed by atoms with Crippen LogP contribution in [0.15, 0.2) is 54.7 Å². The van der Waals surface area contributed by atoms with E-state index in [1.807, 2.05) is 20.8 Å². The first-order valence-corrected chi connectivity index (χ1v) is 11.6. The van der Waals surface area contributed by atoms with Crippen LogP contribution in [-0.2, 0) is 16.0 Å². The van der Waals surface area contributed by atoms with E-state index in [0.717, 1.165) is 22.7 Å². The van der Waals surface area contributed by atoms with Crippen molar-refractivity contribution < 1.29 is 32.3 Å². The largest absolute Gasteiger partial charge is 0.574 e. The molecule has 11 heteroatoms. The van der Waals surface area contributed by atoms with E-state index >= 15 is 0 Å². The molecule has 1 amide bonds. The van der Waals surface area contributed by atoms with Crippen LogP contribution < -0.4 is 9.64 Å². The van der Waals surface area contributed by atoms with Crippen molar-refractivity contribution in [3.05, 3.63) is 77.1 Å².